The van der Waals surface area contributed by atoms with E-state index in [9.17, 15) is 14.7 Å². The van der Waals surface area contributed by atoms with Crippen LogP contribution in [-0.4, -0.2) is 11.1 Å². The zero-order chi connectivity index (χ0) is 21.0. The van der Waals surface area contributed by atoms with Gasteiger partial charge in [0.25, 0.3) is 0 Å². The fraction of sp³-hybridized carbons (Fsp3) is 0.120. The molecule has 0 bridgehead atoms. The molecule has 30 heavy (non-hydrogen) atoms. The highest BCUT2D eigenvalue weighted by atomic mass is 16.4. The zero-order valence-electron chi connectivity index (χ0n) is 16.5. The van der Waals surface area contributed by atoms with E-state index in [0.29, 0.717) is 22.1 Å². The Morgan fingerprint density at radius 2 is 1.77 bits per heavy atom. The highest BCUT2D eigenvalue weighted by Crippen LogP contribution is 2.39. The lowest BCUT2D eigenvalue weighted by Crippen LogP contribution is -2.15. The highest BCUT2D eigenvalue weighted by molar-refractivity contribution is 6.11. The third kappa shape index (κ3) is 2.70. The molecule has 148 valence electrons. The van der Waals surface area contributed by atoms with Crippen molar-refractivity contribution in [2.75, 3.05) is 0 Å². The maximum atomic E-state index is 12.3. The molecule has 0 spiro atoms. The quantitative estimate of drug-likeness (QED) is 0.400. The van der Waals surface area contributed by atoms with Gasteiger partial charge in [0.1, 0.15) is 11.2 Å². The van der Waals surface area contributed by atoms with Gasteiger partial charge in [-0.15, -0.1) is 0 Å². The van der Waals surface area contributed by atoms with Crippen molar-refractivity contribution in [2.24, 2.45) is 0 Å². The van der Waals surface area contributed by atoms with Gasteiger partial charge in [0.15, 0.2) is 0 Å². The van der Waals surface area contributed by atoms with Crippen LogP contribution in [0.25, 0.3) is 43.8 Å². The molecular formula is C25H18O5. The minimum atomic E-state index is -1.08. The van der Waals surface area contributed by atoms with E-state index >= 15 is 0 Å². The second-order valence-corrected chi connectivity index (χ2v) is 7.55. The number of hydrogen-bond donors (Lipinski definition) is 1. The van der Waals surface area contributed by atoms with Crippen LogP contribution in [0, 0.1) is 13.8 Å². The molecule has 0 aliphatic heterocycles. The van der Waals surface area contributed by atoms with Crippen molar-refractivity contribution in [3.8, 4) is 11.1 Å². The van der Waals surface area contributed by atoms with Crippen LogP contribution in [0.1, 0.15) is 16.7 Å². The largest absolute Gasteiger partial charge is 0.481 e. The number of carboxylic acid groups (broad SMARTS) is 1. The summed E-state index contributed by atoms with van der Waals surface area (Å²) in [6, 6.07) is 16.2. The van der Waals surface area contributed by atoms with Crippen molar-refractivity contribution in [3.63, 3.8) is 0 Å². The standard InChI is InChI=1S/C25H18O5/c1-13-9-20-23(14(2)18(11-21(26)27)25(28)30-20)24-22(13)19(12-29-24)17-8-7-15-5-3-4-6-16(15)10-17/h3-10,12H,11H2,1-2H3,(H,26,27). The van der Waals surface area contributed by atoms with Crippen LogP contribution in [0.2, 0.25) is 0 Å². The number of carboxylic acids is 1. The van der Waals surface area contributed by atoms with Gasteiger partial charge in [-0.2, -0.15) is 0 Å². The Morgan fingerprint density at radius 3 is 2.53 bits per heavy atom. The molecule has 3 aromatic carbocycles. The molecule has 0 aliphatic carbocycles. The van der Waals surface area contributed by atoms with Crippen molar-refractivity contribution in [3.05, 3.63) is 81.9 Å². The van der Waals surface area contributed by atoms with Gasteiger partial charge in [-0.25, -0.2) is 4.79 Å². The predicted molar refractivity (Wildman–Crippen MR) is 116 cm³/mol. The third-order valence-electron chi connectivity index (χ3n) is 5.67. The van der Waals surface area contributed by atoms with Gasteiger partial charge in [0, 0.05) is 10.9 Å². The monoisotopic (exact) mass is 398 g/mol. The van der Waals surface area contributed by atoms with Gasteiger partial charge in [-0.05, 0) is 53.4 Å². The lowest BCUT2D eigenvalue weighted by atomic mass is 9.95. The molecule has 0 radical (unpaired) electrons. The van der Waals surface area contributed by atoms with Crippen LogP contribution in [-0.2, 0) is 11.2 Å². The van der Waals surface area contributed by atoms with E-state index < -0.39 is 18.0 Å². The number of furan rings is 1. The molecule has 0 aliphatic rings. The summed E-state index contributed by atoms with van der Waals surface area (Å²) in [7, 11) is 0. The number of benzene rings is 3. The molecule has 0 fully saturated rings. The number of rotatable bonds is 3. The molecule has 0 atom stereocenters. The first-order chi connectivity index (χ1) is 14.4. The SMILES string of the molecule is Cc1cc2oc(=O)c(CC(=O)O)c(C)c2c2occ(-c3ccc4ccccc4c3)c12. The minimum Gasteiger partial charge on any atom is -0.481 e. The smallest absolute Gasteiger partial charge is 0.340 e. The molecule has 5 nitrogen and oxygen atoms in total. The normalized spacial score (nSPS) is 11.5. The maximum absolute atomic E-state index is 12.3. The fourth-order valence-electron chi connectivity index (χ4n) is 4.21. The number of aliphatic carboxylic acids is 1. The average molecular weight is 398 g/mol. The van der Waals surface area contributed by atoms with E-state index in [-0.39, 0.29) is 5.56 Å². The second kappa shape index (κ2) is 6.59. The Hall–Kier alpha value is -3.86. The van der Waals surface area contributed by atoms with Crippen molar-refractivity contribution in [1.29, 1.82) is 0 Å². The molecule has 5 aromatic rings. The summed E-state index contributed by atoms with van der Waals surface area (Å²) < 4.78 is 11.4. The van der Waals surface area contributed by atoms with E-state index in [1.54, 1.807) is 13.2 Å². The Kier molecular flexibility index (Phi) is 4.00. The summed E-state index contributed by atoms with van der Waals surface area (Å²) in [5.41, 5.74) is 3.98. The molecule has 5 heteroatoms. The van der Waals surface area contributed by atoms with Crippen LogP contribution >= 0.6 is 0 Å². The predicted octanol–water partition coefficient (Wildman–Crippen LogP) is 5.60. The maximum Gasteiger partial charge on any atom is 0.340 e. The lowest BCUT2D eigenvalue weighted by Gasteiger charge is -2.09. The molecular weight excluding hydrogens is 380 g/mol. The topological polar surface area (TPSA) is 80.7 Å². The molecule has 0 saturated carbocycles. The fourth-order valence-corrected chi connectivity index (χ4v) is 4.21. The molecule has 5 rings (SSSR count). The highest BCUT2D eigenvalue weighted by Gasteiger charge is 2.21. The third-order valence-corrected chi connectivity index (χ3v) is 5.67. The summed E-state index contributed by atoms with van der Waals surface area (Å²) in [6.07, 6.45) is 1.32. The summed E-state index contributed by atoms with van der Waals surface area (Å²) in [4.78, 5) is 23.5. The minimum absolute atomic E-state index is 0.142. The first-order valence-corrected chi connectivity index (χ1v) is 9.62. The van der Waals surface area contributed by atoms with E-state index in [4.69, 9.17) is 8.83 Å². The summed E-state index contributed by atoms with van der Waals surface area (Å²) in [6.45, 7) is 3.69. The van der Waals surface area contributed by atoms with Gasteiger partial charge in [0.2, 0.25) is 0 Å². The van der Waals surface area contributed by atoms with Gasteiger partial charge in [-0.1, -0.05) is 36.4 Å². The van der Waals surface area contributed by atoms with E-state index in [1.807, 2.05) is 25.1 Å². The first-order valence-electron chi connectivity index (χ1n) is 9.62. The molecule has 0 saturated heterocycles. The molecule has 2 aromatic heterocycles. The zero-order valence-corrected chi connectivity index (χ0v) is 16.5. The average Bonchev–Trinajstić information content (AvgIpc) is 3.16. The summed E-state index contributed by atoms with van der Waals surface area (Å²) >= 11 is 0. The Labute approximate surface area is 171 Å². The molecule has 1 N–H and O–H groups in total. The summed E-state index contributed by atoms with van der Waals surface area (Å²) in [5.74, 6) is -1.08. The van der Waals surface area contributed by atoms with E-state index in [0.717, 1.165) is 32.8 Å². The Morgan fingerprint density at radius 1 is 1.00 bits per heavy atom. The van der Waals surface area contributed by atoms with Gasteiger partial charge < -0.3 is 13.9 Å². The summed E-state index contributed by atoms with van der Waals surface area (Å²) in [5, 5.41) is 13.0. The lowest BCUT2D eigenvalue weighted by molar-refractivity contribution is -0.136. The van der Waals surface area contributed by atoms with Gasteiger partial charge in [-0.3, -0.25) is 4.79 Å². The molecule has 2 heterocycles. The van der Waals surface area contributed by atoms with Crippen LogP contribution in [0.4, 0.5) is 0 Å². The van der Waals surface area contributed by atoms with E-state index in [1.165, 1.54) is 0 Å². The molecule has 0 amide bonds. The Balaban J connectivity index is 1.82. The van der Waals surface area contributed by atoms with Gasteiger partial charge in [0.05, 0.1) is 23.6 Å². The van der Waals surface area contributed by atoms with E-state index in [2.05, 4.69) is 30.3 Å². The first kappa shape index (κ1) is 18.2. The van der Waals surface area contributed by atoms with Gasteiger partial charge >= 0.3 is 11.6 Å². The second-order valence-electron chi connectivity index (χ2n) is 7.55. The van der Waals surface area contributed by atoms with Crippen molar-refractivity contribution < 1.29 is 18.7 Å². The number of fused-ring (bicyclic) bond motifs is 4. The van der Waals surface area contributed by atoms with Crippen LogP contribution in [0.3, 0.4) is 0 Å². The van der Waals surface area contributed by atoms with Crippen molar-refractivity contribution >= 4 is 38.7 Å². The molecule has 0 unspecified atom stereocenters. The van der Waals surface area contributed by atoms with Crippen molar-refractivity contribution in [1.82, 2.24) is 0 Å². The number of aryl methyl sites for hydroxylation is 2. The van der Waals surface area contributed by atoms with Crippen LogP contribution in [0.5, 0.6) is 0 Å². The van der Waals surface area contributed by atoms with Crippen LogP contribution < -0.4 is 5.63 Å². The Bertz CT molecular complexity index is 1530. The number of hydrogen-bond acceptors (Lipinski definition) is 4. The number of carbonyl (C=O) groups is 1. The van der Waals surface area contributed by atoms with Crippen LogP contribution in [0.15, 0.2) is 68.4 Å². The van der Waals surface area contributed by atoms with Crippen molar-refractivity contribution in [2.45, 2.75) is 20.3 Å².